The third-order valence-corrected chi connectivity index (χ3v) is 1.89. The van der Waals surface area contributed by atoms with Crippen LogP contribution in [0.25, 0.3) is 0 Å². The molecule has 76 valence electrons. The minimum absolute atomic E-state index is 0.0167. The second kappa shape index (κ2) is 4.43. The zero-order chi connectivity index (χ0) is 10.7. The molecular weight excluding hydrogens is 214 g/mol. The lowest BCUT2D eigenvalue weighted by molar-refractivity contribution is 0.110. The molecule has 0 unspecified atom stereocenters. The number of carbonyl (C=O) groups excluding carboxylic acids is 1. The molecule has 0 aliphatic heterocycles. The van der Waals surface area contributed by atoms with Gasteiger partial charge in [0.15, 0.2) is 6.29 Å². The Balaban J connectivity index is 3.40. The number of hydrogen-bond acceptors (Lipinski definition) is 3. The third-order valence-electron chi connectivity index (χ3n) is 1.69. The highest BCUT2D eigenvalue weighted by atomic mass is 35.5. The number of nitrogens with zero attached hydrogens (tertiary/aromatic N) is 1. The summed E-state index contributed by atoms with van der Waals surface area (Å²) in [6.45, 7) is -0.108. The van der Waals surface area contributed by atoms with Crippen LogP contribution >= 0.6 is 11.6 Å². The Hall–Kier alpha value is -1.07. The van der Waals surface area contributed by atoms with Crippen LogP contribution in [-0.4, -0.2) is 11.3 Å². The summed E-state index contributed by atoms with van der Waals surface area (Å²) >= 11 is 5.51. The predicted octanol–water partition coefficient (Wildman–Crippen LogP) is 1.94. The summed E-state index contributed by atoms with van der Waals surface area (Å²) in [7, 11) is 0. The monoisotopic (exact) mass is 220 g/mol. The van der Waals surface area contributed by atoms with Gasteiger partial charge in [-0.15, -0.1) is 0 Å². The van der Waals surface area contributed by atoms with Crippen molar-refractivity contribution in [2.45, 2.75) is 13.0 Å². The minimum Gasteiger partial charge on any atom is -0.326 e. The molecule has 0 aliphatic carbocycles. The molecule has 0 amide bonds. The lowest BCUT2D eigenvalue weighted by Crippen LogP contribution is -2.07. The van der Waals surface area contributed by atoms with Crippen LogP contribution < -0.4 is 5.73 Å². The number of rotatable bonds is 3. The second-order valence-electron chi connectivity index (χ2n) is 2.53. The van der Waals surface area contributed by atoms with Gasteiger partial charge in [0.1, 0.15) is 10.8 Å². The van der Waals surface area contributed by atoms with Crippen LogP contribution in [0.1, 0.15) is 28.0 Å². The maximum atomic E-state index is 12.5. The van der Waals surface area contributed by atoms with Crippen molar-refractivity contribution in [3.8, 4) is 0 Å². The van der Waals surface area contributed by atoms with E-state index in [9.17, 15) is 13.6 Å². The summed E-state index contributed by atoms with van der Waals surface area (Å²) in [5.74, 6) is 0. The lowest BCUT2D eigenvalue weighted by atomic mass is 10.1. The van der Waals surface area contributed by atoms with Gasteiger partial charge in [0, 0.05) is 6.54 Å². The maximum Gasteiger partial charge on any atom is 0.266 e. The van der Waals surface area contributed by atoms with Crippen LogP contribution in [0.4, 0.5) is 8.78 Å². The molecule has 0 spiro atoms. The average molecular weight is 221 g/mol. The zero-order valence-corrected chi connectivity index (χ0v) is 7.76. The molecule has 0 radical (unpaired) electrons. The van der Waals surface area contributed by atoms with Gasteiger partial charge in [-0.1, -0.05) is 11.6 Å². The van der Waals surface area contributed by atoms with Crippen molar-refractivity contribution in [2.24, 2.45) is 5.73 Å². The molecular formula is C8H7ClF2N2O. The van der Waals surface area contributed by atoms with Crippen molar-refractivity contribution >= 4 is 17.9 Å². The summed E-state index contributed by atoms with van der Waals surface area (Å²) in [5, 5.41) is -0.0167. The molecule has 1 rings (SSSR count). The normalized spacial score (nSPS) is 10.6. The van der Waals surface area contributed by atoms with E-state index in [0.717, 1.165) is 0 Å². The standard InChI is InChI=1S/C8H7ClF2N2O/c9-6-1-4(2-12)7(8(10)11)5(3-14)13-6/h1,3,8H,2,12H2. The van der Waals surface area contributed by atoms with Gasteiger partial charge in [0.25, 0.3) is 6.43 Å². The van der Waals surface area contributed by atoms with Gasteiger partial charge >= 0.3 is 0 Å². The molecule has 1 heterocycles. The molecule has 0 fully saturated rings. The van der Waals surface area contributed by atoms with Crippen LogP contribution in [0.3, 0.4) is 0 Å². The van der Waals surface area contributed by atoms with E-state index in [2.05, 4.69) is 4.98 Å². The summed E-state index contributed by atoms with van der Waals surface area (Å²) < 4.78 is 25.0. The quantitative estimate of drug-likeness (QED) is 0.626. The van der Waals surface area contributed by atoms with Crippen molar-refractivity contribution < 1.29 is 13.6 Å². The van der Waals surface area contributed by atoms with Crippen LogP contribution in [-0.2, 0) is 6.54 Å². The molecule has 1 aromatic heterocycles. The molecule has 0 saturated heterocycles. The highest BCUT2D eigenvalue weighted by molar-refractivity contribution is 6.29. The Morgan fingerprint density at radius 3 is 2.71 bits per heavy atom. The minimum atomic E-state index is -2.78. The van der Waals surface area contributed by atoms with Gasteiger partial charge < -0.3 is 5.73 Å². The fraction of sp³-hybridized carbons (Fsp3) is 0.250. The third kappa shape index (κ3) is 2.05. The summed E-state index contributed by atoms with van der Waals surface area (Å²) in [5.41, 5.74) is 4.59. The molecule has 0 bridgehead atoms. The lowest BCUT2D eigenvalue weighted by Gasteiger charge is -2.08. The van der Waals surface area contributed by atoms with Gasteiger partial charge in [0.05, 0.1) is 5.56 Å². The average Bonchev–Trinajstić information content (AvgIpc) is 2.15. The molecule has 0 aromatic carbocycles. The van der Waals surface area contributed by atoms with E-state index in [1.54, 1.807) is 0 Å². The first kappa shape index (κ1) is 11.0. The van der Waals surface area contributed by atoms with Crippen LogP contribution in [0.2, 0.25) is 5.15 Å². The summed E-state index contributed by atoms with van der Waals surface area (Å²) in [6, 6.07) is 1.23. The molecule has 0 aliphatic rings. The van der Waals surface area contributed by atoms with Gasteiger partial charge in [-0.2, -0.15) is 0 Å². The predicted molar refractivity (Wildman–Crippen MR) is 47.5 cm³/mol. The topological polar surface area (TPSA) is 56.0 Å². The summed E-state index contributed by atoms with van der Waals surface area (Å²) in [4.78, 5) is 13.9. The van der Waals surface area contributed by atoms with Crippen LogP contribution in [0.15, 0.2) is 6.07 Å². The number of nitrogens with two attached hydrogens (primary N) is 1. The van der Waals surface area contributed by atoms with Gasteiger partial charge in [0.2, 0.25) is 0 Å². The molecule has 0 saturated carbocycles. The second-order valence-corrected chi connectivity index (χ2v) is 2.91. The molecule has 2 N–H and O–H groups in total. The van der Waals surface area contributed by atoms with Crippen molar-refractivity contribution in [3.63, 3.8) is 0 Å². The Morgan fingerprint density at radius 1 is 1.64 bits per heavy atom. The Morgan fingerprint density at radius 2 is 2.29 bits per heavy atom. The van der Waals surface area contributed by atoms with Crippen molar-refractivity contribution in [2.75, 3.05) is 0 Å². The number of halogens is 3. The molecule has 6 heteroatoms. The number of alkyl halides is 2. The van der Waals surface area contributed by atoms with Crippen molar-refractivity contribution in [3.05, 3.63) is 28.0 Å². The first-order valence-electron chi connectivity index (χ1n) is 3.72. The smallest absolute Gasteiger partial charge is 0.266 e. The van der Waals surface area contributed by atoms with E-state index in [1.807, 2.05) is 0 Å². The van der Waals surface area contributed by atoms with Crippen LogP contribution in [0.5, 0.6) is 0 Å². The Labute approximate surface area is 83.9 Å². The highest BCUT2D eigenvalue weighted by Gasteiger charge is 2.19. The van der Waals surface area contributed by atoms with E-state index >= 15 is 0 Å². The number of hydrogen-bond donors (Lipinski definition) is 1. The number of aldehydes is 1. The van der Waals surface area contributed by atoms with E-state index in [4.69, 9.17) is 17.3 Å². The Bertz CT molecular complexity index is 357. The highest BCUT2D eigenvalue weighted by Crippen LogP contribution is 2.26. The number of pyridine rings is 1. The summed E-state index contributed by atoms with van der Waals surface area (Å²) in [6.07, 6.45) is -2.54. The van der Waals surface area contributed by atoms with Crippen molar-refractivity contribution in [1.82, 2.24) is 4.98 Å². The van der Waals surface area contributed by atoms with Gasteiger partial charge in [-0.05, 0) is 11.6 Å². The molecule has 3 nitrogen and oxygen atoms in total. The van der Waals surface area contributed by atoms with Gasteiger partial charge in [-0.25, -0.2) is 13.8 Å². The maximum absolute atomic E-state index is 12.5. The Kier molecular flexibility index (Phi) is 3.49. The number of carbonyl (C=O) groups is 1. The fourth-order valence-corrected chi connectivity index (χ4v) is 1.33. The largest absolute Gasteiger partial charge is 0.326 e. The van der Waals surface area contributed by atoms with Crippen molar-refractivity contribution in [1.29, 1.82) is 0 Å². The zero-order valence-electron chi connectivity index (χ0n) is 7.01. The van der Waals surface area contributed by atoms with Gasteiger partial charge in [-0.3, -0.25) is 4.79 Å². The van der Waals surface area contributed by atoms with E-state index in [0.29, 0.717) is 0 Å². The molecule has 1 aromatic rings. The SMILES string of the molecule is NCc1cc(Cl)nc(C=O)c1C(F)F. The number of aromatic nitrogens is 1. The van der Waals surface area contributed by atoms with E-state index in [1.165, 1.54) is 6.07 Å². The molecule has 14 heavy (non-hydrogen) atoms. The van der Waals surface area contributed by atoms with E-state index in [-0.39, 0.29) is 29.2 Å². The van der Waals surface area contributed by atoms with E-state index < -0.39 is 12.0 Å². The van der Waals surface area contributed by atoms with Crippen LogP contribution in [0, 0.1) is 0 Å². The molecule has 0 atom stereocenters. The first-order chi connectivity index (χ1) is 6.60. The first-order valence-corrected chi connectivity index (χ1v) is 4.10. The fourth-order valence-electron chi connectivity index (χ4n) is 1.10.